The summed E-state index contributed by atoms with van der Waals surface area (Å²) in [7, 11) is -2.77. The molecule has 1 aliphatic rings. The number of benzene rings is 2. The number of nitrogens with one attached hydrogen (secondary N) is 1. The van der Waals surface area contributed by atoms with Crippen molar-refractivity contribution < 1.29 is 37.5 Å². The molecule has 1 unspecified atom stereocenters. The van der Waals surface area contributed by atoms with Crippen LogP contribution in [0.3, 0.4) is 0 Å². The highest BCUT2D eigenvalue weighted by molar-refractivity contribution is 7.89. The van der Waals surface area contributed by atoms with Gasteiger partial charge in [-0.3, -0.25) is 14.8 Å². The van der Waals surface area contributed by atoms with E-state index in [9.17, 15) is 28.0 Å². The van der Waals surface area contributed by atoms with E-state index in [-0.39, 0.29) is 29.9 Å². The van der Waals surface area contributed by atoms with Crippen molar-refractivity contribution in [2.45, 2.75) is 50.2 Å². The molecule has 2 N–H and O–H groups in total. The summed E-state index contributed by atoms with van der Waals surface area (Å²) in [6.07, 6.45) is 0.415. The van der Waals surface area contributed by atoms with Crippen molar-refractivity contribution >= 4 is 27.8 Å². The van der Waals surface area contributed by atoms with Gasteiger partial charge < -0.3 is 14.4 Å². The lowest BCUT2D eigenvalue weighted by atomic mass is 10.0. The maximum absolute atomic E-state index is 13.6. The van der Waals surface area contributed by atoms with E-state index in [4.69, 9.17) is 9.47 Å². The number of esters is 1. The molecule has 1 heterocycles. The Bertz CT molecular complexity index is 1230. The van der Waals surface area contributed by atoms with Crippen LogP contribution in [-0.4, -0.2) is 79.5 Å². The lowest BCUT2D eigenvalue weighted by Gasteiger charge is -2.34. The van der Waals surface area contributed by atoms with Crippen LogP contribution >= 0.6 is 0 Å². The zero-order valence-corrected chi connectivity index (χ0v) is 23.1. The first-order chi connectivity index (χ1) is 18.6. The first-order valence-electron chi connectivity index (χ1n) is 12.7. The smallest absolute Gasteiger partial charge is 0.338 e. The summed E-state index contributed by atoms with van der Waals surface area (Å²) >= 11 is 0. The standard InChI is InChI=1S/C27H35N3O8S/c1-19(2)25(26(32)28-34)30(39(35,36)23-11-9-21(37-3)10-12-23)18-15-24(31)29-16-13-22(14-17-29)38-27(33)20-7-5-4-6-8-20/h4-12,19,22,25,34H,13-18H2,1-3H3,(H,28,32). The summed E-state index contributed by atoms with van der Waals surface area (Å²) in [5, 5.41) is 9.30. The van der Waals surface area contributed by atoms with Gasteiger partial charge in [0.05, 0.1) is 17.6 Å². The van der Waals surface area contributed by atoms with Gasteiger partial charge >= 0.3 is 5.97 Å². The predicted molar refractivity (Wildman–Crippen MR) is 142 cm³/mol. The zero-order chi connectivity index (χ0) is 28.6. The van der Waals surface area contributed by atoms with Crippen LogP contribution in [0.15, 0.2) is 59.5 Å². The van der Waals surface area contributed by atoms with Gasteiger partial charge in [0.2, 0.25) is 15.9 Å². The number of sulfonamides is 1. The third-order valence-electron chi connectivity index (χ3n) is 6.61. The van der Waals surface area contributed by atoms with Gasteiger partial charge in [-0.15, -0.1) is 0 Å². The van der Waals surface area contributed by atoms with Crippen molar-refractivity contribution in [2.24, 2.45) is 5.92 Å². The fourth-order valence-electron chi connectivity index (χ4n) is 4.50. The Morgan fingerprint density at radius 2 is 1.67 bits per heavy atom. The average molecular weight is 562 g/mol. The molecule has 0 spiro atoms. The van der Waals surface area contributed by atoms with E-state index >= 15 is 0 Å². The predicted octanol–water partition coefficient (Wildman–Crippen LogP) is 2.45. The number of methoxy groups -OCH3 is 1. The second kappa shape index (κ2) is 13.5. The van der Waals surface area contributed by atoms with Crippen molar-refractivity contribution in [2.75, 3.05) is 26.7 Å². The summed E-state index contributed by atoms with van der Waals surface area (Å²) in [5.41, 5.74) is 2.01. The van der Waals surface area contributed by atoms with E-state index < -0.39 is 33.9 Å². The summed E-state index contributed by atoms with van der Waals surface area (Å²) in [4.78, 5) is 39.4. The van der Waals surface area contributed by atoms with Crippen molar-refractivity contribution in [3.8, 4) is 5.75 Å². The second-order valence-electron chi connectivity index (χ2n) is 9.56. The first-order valence-corrected chi connectivity index (χ1v) is 14.2. The van der Waals surface area contributed by atoms with Gasteiger partial charge in [0.15, 0.2) is 0 Å². The number of piperidine rings is 1. The Kier molecular flexibility index (Phi) is 10.4. The van der Waals surface area contributed by atoms with E-state index in [2.05, 4.69) is 0 Å². The van der Waals surface area contributed by atoms with E-state index in [0.29, 0.717) is 37.2 Å². The normalized spacial score (nSPS) is 15.2. The highest BCUT2D eigenvalue weighted by Gasteiger charge is 2.38. The zero-order valence-electron chi connectivity index (χ0n) is 22.3. The minimum absolute atomic E-state index is 0.0758. The number of carbonyl (C=O) groups excluding carboxylic acids is 3. The molecular weight excluding hydrogens is 526 g/mol. The highest BCUT2D eigenvalue weighted by atomic mass is 32.2. The molecular formula is C27H35N3O8S. The van der Waals surface area contributed by atoms with Gasteiger partial charge in [-0.25, -0.2) is 18.7 Å². The van der Waals surface area contributed by atoms with Crippen LogP contribution in [0, 0.1) is 5.92 Å². The monoisotopic (exact) mass is 561 g/mol. The average Bonchev–Trinajstić information content (AvgIpc) is 2.95. The quantitative estimate of drug-likeness (QED) is 0.242. The first kappa shape index (κ1) is 30.1. The fraction of sp³-hybridized carbons (Fsp3) is 0.444. The molecule has 212 valence electrons. The van der Waals surface area contributed by atoms with Crippen LogP contribution in [0.1, 0.15) is 43.5 Å². The summed E-state index contributed by atoms with van der Waals surface area (Å²) < 4.78 is 38.8. The summed E-state index contributed by atoms with van der Waals surface area (Å²) in [6, 6.07) is 13.1. The van der Waals surface area contributed by atoms with Crippen molar-refractivity contribution in [3.63, 3.8) is 0 Å². The molecule has 12 heteroatoms. The maximum Gasteiger partial charge on any atom is 0.338 e. The van der Waals surface area contributed by atoms with Crippen molar-refractivity contribution in [1.82, 2.24) is 14.7 Å². The van der Waals surface area contributed by atoms with E-state index in [0.717, 1.165) is 4.31 Å². The summed E-state index contributed by atoms with van der Waals surface area (Å²) in [6.45, 7) is 3.73. The molecule has 39 heavy (non-hydrogen) atoms. The van der Waals surface area contributed by atoms with Gasteiger partial charge in [0.25, 0.3) is 5.91 Å². The van der Waals surface area contributed by atoms with E-state index in [1.165, 1.54) is 31.4 Å². The highest BCUT2D eigenvalue weighted by Crippen LogP contribution is 2.25. The molecule has 11 nitrogen and oxygen atoms in total. The molecule has 0 saturated carbocycles. The van der Waals surface area contributed by atoms with Gasteiger partial charge in [-0.1, -0.05) is 32.0 Å². The molecule has 2 aromatic carbocycles. The fourth-order valence-corrected chi connectivity index (χ4v) is 6.23. The molecule has 2 amide bonds. The van der Waals surface area contributed by atoms with Gasteiger partial charge in [0, 0.05) is 38.9 Å². The second-order valence-corrected chi connectivity index (χ2v) is 11.4. The van der Waals surface area contributed by atoms with Crippen LogP contribution in [0.4, 0.5) is 0 Å². The molecule has 0 bridgehead atoms. The third-order valence-corrected chi connectivity index (χ3v) is 8.51. The largest absolute Gasteiger partial charge is 0.497 e. The number of carbonyl (C=O) groups is 3. The summed E-state index contributed by atoms with van der Waals surface area (Å²) in [5.74, 6) is -1.64. The minimum Gasteiger partial charge on any atom is -0.497 e. The number of likely N-dealkylation sites (tertiary alicyclic amines) is 1. The minimum atomic E-state index is -4.22. The number of amides is 2. The SMILES string of the molecule is COc1ccc(S(=O)(=O)N(CCC(=O)N2CCC(OC(=O)c3ccccc3)CC2)C(C(=O)NO)C(C)C)cc1. The molecule has 1 saturated heterocycles. The number of ether oxygens (including phenoxy) is 2. The Hall–Kier alpha value is -3.48. The number of hydrogen-bond acceptors (Lipinski definition) is 8. The molecule has 0 aromatic heterocycles. The topological polar surface area (TPSA) is 143 Å². The van der Waals surface area contributed by atoms with E-state index in [1.807, 2.05) is 6.07 Å². The van der Waals surface area contributed by atoms with Crippen LogP contribution in [0.5, 0.6) is 5.75 Å². The molecule has 0 radical (unpaired) electrons. The van der Waals surface area contributed by atoms with Crippen LogP contribution < -0.4 is 10.2 Å². The maximum atomic E-state index is 13.6. The molecule has 0 aliphatic carbocycles. The van der Waals surface area contributed by atoms with Crippen molar-refractivity contribution in [3.05, 3.63) is 60.2 Å². The lowest BCUT2D eigenvalue weighted by molar-refractivity contribution is -0.136. The lowest BCUT2D eigenvalue weighted by Crippen LogP contribution is -2.52. The Labute approximate surface area is 228 Å². The Balaban J connectivity index is 1.68. The van der Waals surface area contributed by atoms with Gasteiger partial charge in [0.1, 0.15) is 17.9 Å². The van der Waals surface area contributed by atoms with E-state index in [1.54, 1.807) is 48.5 Å². The Morgan fingerprint density at radius 3 is 2.21 bits per heavy atom. The van der Waals surface area contributed by atoms with Crippen LogP contribution in [0.2, 0.25) is 0 Å². The van der Waals surface area contributed by atoms with Gasteiger partial charge in [-0.05, 0) is 42.3 Å². The van der Waals surface area contributed by atoms with Crippen LogP contribution in [0.25, 0.3) is 0 Å². The number of hydroxylamine groups is 1. The number of nitrogens with zero attached hydrogens (tertiary/aromatic N) is 2. The number of hydrogen-bond donors (Lipinski definition) is 2. The number of rotatable bonds is 11. The van der Waals surface area contributed by atoms with Gasteiger partial charge in [-0.2, -0.15) is 4.31 Å². The third kappa shape index (κ3) is 7.55. The molecule has 2 aromatic rings. The molecule has 3 rings (SSSR count). The van der Waals surface area contributed by atoms with Crippen LogP contribution in [-0.2, 0) is 24.3 Å². The molecule has 1 aliphatic heterocycles. The molecule has 1 fully saturated rings. The Morgan fingerprint density at radius 1 is 1.05 bits per heavy atom. The molecule has 1 atom stereocenters. The van der Waals surface area contributed by atoms with Crippen molar-refractivity contribution in [1.29, 1.82) is 0 Å².